The molecule has 3 aromatic rings. The predicted molar refractivity (Wildman–Crippen MR) is 134 cm³/mol. The third-order valence-electron chi connectivity index (χ3n) is 5.77. The molecule has 1 aliphatic carbocycles. The van der Waals surface area contributed by atoms with Crippen LogP contribution in [0.4, 0.5) is 0 Å². The van der Waals surface area contributed by atoms with Crippen molar-refractivity contribution in [2.75, 3.05) is 0 Å². The highest BCUT2D eigenvalue weighted by atomic mass is 32.2. The largest absolute Gasteiger partial charge is 0.452 e. The highest BCUT2D eigenvalue weighted by molar-refractivity contribution is 7.89. The van der Waals surface area contributed by atoms with E-state index in [1.54, 1.807) is 24.4 Å². The SMILES string of the molecule is O=C(N[C@H](BO)CC1CC1)[C@H](Cc1ccccc1)NS(=O)(=O)c1ccc(Oc2ccccn2)cc1. The fourth-order valence-electron chi connectivity index (χ4n) is 3.74. The Balaban J connectivity index is 1.48. The minimum Gasteiger partial charge on any atom is -0.452 e. The summed E-state index contributed by atoms with van der Waals surface area (Å²) in [5, 5.41) is 12.5. The lowest BCUT2D eigenvalue weighted by Crippen LogP contribution is -2.52. The first-order chi connectivity index (χ1) is 16.9. The summed E-state index contributed by atoms with van der Waals surface area (Å²) in [5.41, 5.74) is 0.817. The Morgan fingerprint density at radius 2 is 1.77 bits per heavy atom. The molecule has 3 N–H and O–H groups in total. The zero-order valence-corrected chi connectivity index (χ0v) is 20.0. The summed E-state index contributed by atoms with van der Waals surface area (Å²) in [6, 6.07) is 19.3. The number of sulfonamides is 1. The van der Waals surface area contributed by atoms with Crippen LogP contribution in [-0.2, 0) is 21.2 Å². The molecule has 1 aliphatic rings. The zero-order chi connectivity index (χ0) is 24.7. The van der Waals surface area contributed by atoms with E-state index in [0.717, 1.165) is 18.4 Å². The van der Waals surface area contributed by atoms with Crippen molar-refractivity contribution in [1.29, 1.82) is 0 Å². The van der Waals surface area contributed by atoms with E-state index < -0.39 is 27.9 Å². The number of nitrogens with one attached hydrogen (secondary N) is 2. The monoisotopic (exact) mass is 493 g/mol. The first-order valence-electron chi connectivity index (χ1n) is 11.6. The molecule has 0 saturated heterocycles. The Kier molecular flexibility index (Phi) is 8.17. The number of aromatic nitrogens is 1. The van der Waals surface area contributed by atoms with Gasteiger partial charge >= 0.3 is 0 Å². The highest BCUT2D eigenvalue weighted by Crippen LogP contribution is 2.33. The van der Waals surface area contributed by atoms with Gasteiger partial charge in [0.05, 0.1) is 4.90 Å². The Morgan fingerprint density at radius 1 is 1.06 bits per heavy atom. The zero-order valence-electron chi connectivity index (χ0n) is 19.2. The number of hydrogen-bond acceptors (Lipinski definition) is 6. The molecule has 1 heterocycles. The number of nitrogens with zero attached hydrogens (tertiary/aromatic N) is 1. The Bertz CT molecular complexity index is 1210. The second-order valence-corrected chi connectivity index (χ2v) is 10.4. The number of rotatable bonds is 12. The smallest absolute Gasteiger partial charge is 0.293 e. The maximum Gasteiger partial charge on any atom is 0.293 e. The van der Waals surface area contributed by atoms with Gasteiger partial charge in [-0.15, -0.1) is 0 Å². The number of pyridine rings is 1. The van der Waals surface area contributed by atoms with Gasteiger partial charge in [0.15, 0.2) is 0 Å². The van der Waals surface area contributed by atoms with E-state index in [1.807, 2.05) is 30.3 Å². The van der Waals surface area contributed by atoms with E-state index in [9.17, 15) is 18.2 Å². The number of hydrogen-bond donors (Lipinski definition) is 3. The van der Waals surface area contributed by atoms with E-state index in [1.165, 1.54) is 24.3 Å². The van der Waals surface area contributed by atoms with Crippen molar-refractivity contribution >= 4 is 23.4 Å². The standard InChI is InChI=1S/C25H28BN3O5S/c30-25(28-23(26-31)17-19-9-10-19)22(16-18-6-2-1-3-7-18)29-35(32,33)21-13-11-20(12-14-21)34-24-8-4-5-15-27-24/h1-8,11-15,19,22-23,26,29,31H,9-10,16-17H2,(H,28,30)/t22-,23-/m0/s1. The van der Waals surface area contributed by atoms with Crippen LogP contribution in [0.5, 0.6) is 11.6 Å². The van der Waals surface area contributed by atoms with Gasteiger partial charge in [0.25, 0.3) is 7.48 Å². The van der Waals surface area contributed by atoms with Crippen LogP contribution in [0.2, 0.25) is 0 Å². The second kappa shape index (κ2) is 11.5. The predicted octanol–water partition coefficient (Wildman–Crippen LogP) is 2.35. The van der Waals surface area contributed by atoms with Crippen molar-refractivity contribution in [3.05, 3.63) is 84.6 Å². The van der Waals surface area contributed by atoms with E-state index in [4.69, 9.17) is 4.74 Å². The van der Waals surface area contributed by atoms with Gasteiger partial charge < -0.3 is 15.1 Å². The Labute approximate surface area is 206 Å². The van der Waals surface area contributed by atoms with Crippen LogP contribution in [0.25, 0.3) is 0 Å². The van der Waals surface area contributed by atoms with Crippen molar-refractivity contribution in [1.82, 2.24) is 15.0 Å². The number of amides is 1. The summed E-state index contributed by atoms with van der Waals surface area (Å²) in [6.45, 7) is 0. The van der Waals surface area contributed by atoms with Gasteiger partial charge in [0.1, 0.15) is 11.8 Å². The fraction of sp³-hybridized carbons (Fsp3) is 0.280. The van der Waals surface area contributed by atoms with Crippen LogP contribution < -0.4 is 14.8 Å². The molecule has 1 saturated carbocycles. The van der Waals surface area contributed by atoms with E-state index in [2.05, 4.69) is 15.0 Å². The van der Waals surface area contributed by atoms with Gasteiger partial charge in [-0.2, -0.15) is 4.72 Å². The first-order valence-corrected chi connectivity index (χ1v) is 13.1. The van der Waals surface area contributed by atoms with Gasteiger partial charge in [0.2, 0.25) is 21.8 Å². The normalized spacial score (nSPS) is 15.1. The molecule has 1 fully saturated rings. The summed E-state index contributed by atoms with van der Waals surface area (Å²) in [4.78, 5) is 17.2. The average Bonchev–Trinajstić information content (AvgIpc) is 3.69. The molecular weight excluding hydrogens is 465 g/mol. The molecule has 0 radical (unpaired) electrons. The third-order valence-corrected chi connectivity index (χ3v) is 7.26. The maximum atomic E-state index is 13.2. The van der Waals surface area contributed by atoms with Crippen LogP contribution in [-0.4, -0.2) is 43.8 Å². The van der Waals surface area contributed by atoms with Crippen LogP contribution in [0, 0.1) is 5.92 Å². The van der Waals surface area contributed by atoms with E-state index in [-0.39, 0.29) is 18.8 Å². The number of benzene rings is 2. The molecule has 182 valence electrons. The number of ether oxygens (including phenoxy) is 1. The van der Waals surface area contributed by atoms with Gasteiger partial charge in [-0.25, -0.2) is 13.4 Å². The van der Waals surface area contributed by atoms with Crippen LogP contribution in [0.1, 0.15) is 24.8 Å². The summed E-state index contributed by atoms with van der Waals surface area (Å²) in [7, 11) is -4.20. The van der Waals surface area contributed by atoms with Gasteiger partial charge in [-0.1, -0.05) is 49.2 Å². The molecule has 2 atom stereocenters. The van der Waals surface area contributed by atoms with Crippen LogP contribution >= 0.6 is 0 Å². The molecule has 0 spiro atoms. The number of carbonyl (C=O) groups is 1. The van der Waals surface area contributed by atoms with Crippen molar-refractivity contribution in [2.24, 2.45) is 5.92 Å². The molecule has 0 aliphatic heterocycles. The summed E-state index contributed by atoms with van der Waals surface area (Å²) in [5.74, 6) is 0.467. The van der Waals surface area contributed by atoms with Gasteiger partial charge in [-0.05, 0) is 54.7 Å². The van der Waals surface area contributed by atoms with E-state index in [0.29, 0.717) is 24.0 Å². The van der Waals surface area contributed by atoms with Crippen molar-refractivity contribution in [3.8, 4) is 11.6 Å². The van der Waals surface area contributed by atoms with Crippen LogP contribution in [0.15, 0.2) is 83.9 Å². The molecule has 35 heavy (non-hydrogen) atoms. The first kappa shape index (κ1) is 24.9. The molecule has 0 unspecified atom stereocenters. The molecule has 1 aromatic heterocycles. The lowest BCUT2D eigenvalue weighted by Gasteiger charge is -2.22. The molecule has 10 heteroatoms. The lowest BCUT2D eigenvalue weighted by atomic mass is 9.84. The summed E-state index contributed by atoms with van der Waals surface area (Å²) in [6.07, 6.45) is 4.64. The molecular formula is C25H28BN3O5S. The van der Waals surface area contributed by atoms with Crippen molar-refractivity contribution < 1.29 is 23.0 Å². The van der Waals surface area contributed by atoms with Crippen molar-refractivity contribution in [3.63, 3.8) is 0 Å². The molecule has 0 bridgehead atoms. The summed E-state index contributed by atoms with van der Waals surface area (Å²) >= 11 is 0. The van der Waals surface area contributed by atoms with Gasteiger partial charge in [0, 0.05) is 18.2 Å². The quantitative estimate of drug-likeness (QED) is 0.334. The van der Waals surface area contributed by atoms with Crippen LogP contribution in [0.3, 0.4) is 0 Å². The van der Waals surface area contributed by atoms with Crippen molar-refractivity contribution in [2.45, 2.75) is 42.6 Å². The molecule has 4 rings (SSSR count). The van der Waals surface area contributed by atoms with E-state index >= 15 is 0 Å². The lowest BCUT2D eigenvalue weighted by molar-refractivity contribution is -0.123. The highest BCUT2D eigenvalue weighted by Gasteiger charge is 2.30. The molecule has 2 aromatic carbocycles. The van der Waals surface area contributed by atoms with Gasteiger partial charge in [-0.3, -0.25) is 4.79 Å². The average molecular weight is 493 g/mol. The number of carbonyl (C=O) groups excluding carboxylic acids is 1. The topological polar surface area (TPSA) is 118 Å². The maximum absolute atomic E-state index is 13.2. The Morgan fingerprint density at radius 3 is 2.40 bits per heavy atom. The third kappa shape index (κ3) is 7.39. The summed E-state index contributed by atoms with van der Waals surface area (Å²) < 4.78 is 34.5. The fourth-order valence-corrected chi connectivity index (χ4v) is 4.94. The molecule has 8 nitrogen and oxygen atoms in total. The molecule has 1 amide bonds. The Hall–Kier alpha value is -3.21. The minimum absolute atomic E-state index is 0.00780. The second-order valence-electron chi connectivity index (χ2n) is 8.67. The minimum atomic E-state index is -4.01.